The lowest BCUT2D eigenvalue weighted by molar-refractivity contribution is 0.121. The molecule has 2 aliphatic heterocycles. The first-order valence-electron chi connectivity index (χ1n) is 9.18. The van der Waals surface area contributed by atoms with E-state index in [4.69, 9.17) is 16.3 Å². The van der Waals surface area contributed by atoms with Gasteiger partial charge in [0, 0.05) is 61.7 Å². The van der Waals surface area contributed by atoms with Crippen molar-refractivity contribution < 1.29 is 9.53 Å². The van der Waals surface area contributed by atoms with E-state index < -0.39 is 0 Å². The van der Waals surface area contributed by atoms with Crippen molar-refractivity contribution in [2.75, 3.05) is 51.0 Å². The maximum Gasteiger partial charge on any atom is 0.415 e. The van der Waals surface area contributed by atoms with E-state index in [-0.39, 0.29) is 6.09 Å². The minimum atomic E-state index is -0.265. The van der Waals surface area contributed by atoms with Gasteiger partial charge in [-0.1, -0.05) is 24.3 Å². The molecule has 5 nitrogen and oxygen atoms in total. The first kappa shape index (κ1) is 17.4. The average molecular weight is 374 g/mol. The van der Waals surface area contributed by atoms with E-state index in [0.717, 1.165) is 42.5 Å². The molecule has 1 saturated heterocycles. The molecule has 138 valence electrons. The Morgan fingerprint density at radius 2 is 1.96 bits per heavy atom. The largest absolute Gasteiger partial charge is 0.415 e. The zero-order valence-corrected chi connectivity index (χ0v) is 15.8. The van der Waals surface area contributed by atoms with Crippen molar-refractivity contribution in [1.29, 1.82) is 0 Å². The van der Waals surface area contributed by atoms with Crippen LogP contribution in [0, 0.1) is 0 Å². The number of piperazine rings is 1. The molecule has 0 bridgehead atoms. The van der Waals surface area contributed by atoms with Gasteiger partial charge >= 0.3 is 6.09 Å². The summed E-state index contributed by atoms with van der Waals surface area (Å²) in [5.74, 6) is 1.66. The summed E-state index contributed by atoms with van der Waals surface area (Å²) in [6.07, 6.45) is 0.671. The van der Waals surface area contributed by atoms with E-state index in [1.54, 1.807) is 4.90 Å². The normalized spacial score (nSPS) is 20.1. The monoisotopic (exact) mass is 373 g/mol. The van der Waals surface area contributed by atoms with Gasteiger partial charge in [-0.3, -0.25) is 0 Å². The lowest BCUT2D eigenvalue weighted by atomic mass is 9.92. The lowest BCUT2D eigenvalue weighted by Gasteiger charge is -2.31. The van der Waals surface area contributed by atoms with E-state index in [2.05, 4.69) is 23.3 Å². The highest BCUT2D eigenvalue weighted by molar-refractivity contribution is 6.17. The summed E-state index contributed by atoms with van der Waals surface area (Å²) in [7, 11) is 2.07. The zero-order valence-electron chi connectivity index (χ0n) is 15.0. The second-order valence-electron chi connectivity index (χ2n) is 7.10. The standard InChI is InChI=1S/C20H24ClN3O2/c1-23-8-10-24(11-9-23)20(25)26-18-12-17-19(14(6-7-21)13-22-17)16-5-3-2-4-15(16)18/h2-5,12,14,22H,6-11,13H2,1H3. The number of benzene rings is 2. The highest BCUT2D eigenvalue weighted by atomic mass is 35.5. The van der Waals surface area contributed by atoms with Gasteiger partial charge in [0.05, 0.1) is 0 Å². The van der Waals surface area contributed by atoms with E-state index in [0.29, 0.717) is 30.6 Å². The molecular weight excluding hydrogens is 350 g/mol. The van der Waals surface area contributed by atoms with Crippen molar-refractivity contribution in [2.45, 2.75) is 12.3 Å². The molecule has 1 unspecified atom stereocenters. The van der Waals surface area contributed by atoms with Crippen LogP contribution in [0.4, 0.5) is 10.5 Å². The van der Waals surface area contributed by atoms with Crippen LogP contribution in [0.5, 0.6) is 5.75 Å². The number of amides is 1. The third kappa shape index (κ3) is 3.21. The Morgan fingerprint density at radius 1 is 1.23 bits per heavy atom. The van der Waals surface area contributed by atoms with Crippen LogP contribution in [0.25, 0.3) is 10.8 Å². The van der Waals surface area contributed by atoms with Crippen LogP contribution < -0.4 is 10.1 Å². The molecular formula is C20H24ClN3O2. The number of carbonyl (C=O) groups excluding carboxylic acids is 1. The highest BCUT2D eigenvalue weighted by Crippen LogP contribution is 2.43. The Balaban J connectivity index is 1.65. The number of alkyl halides is 1. The quantitative estimate of drug-likeness (QED) is 0.833. The molecule has 1 atom stereocenters. The van der Waals surface area contributed by atoms with Crippen LogP contribution in [-0.2, 0) is 0 Å². The Bertz CT molecular complexity index is 818. The Kier molecular flexibility index (Phi) is 4.92. The maximum absolute atomic E-state index is 12.6. The average Bonchev–Trinajstić information content (AvgIpc) is 3.05. The van der Waals surface area contributed by atoms with Crippen LogP contribution in [0.3, 0.4) is 0 Å². The van der Waals surface area contributed by atoms with Crippen molar-refractivity contribution in [3.63, 3.8) is 0 Å². The summed E-state index contributed by atoms with van der Waals surface area (Å²) in [5, 5.41) is 5.58. The third-order valence-corrected chi connectivity index (χ3v) is 5.63. The number of nitrogens with zero attached hydrogens (tertiary/aromatic N) is 2. The van der Waals surface area contributed by atoms with Gasteiger partial charge in [-0.05, 0) is 24.4 Å². The molecule has 1 fully saturated rings. The van der Waals surface area contributed by atoms with Gasteiger partial charge in [0.1, 0.15) is 5.75 Å². The number of anilines is 1. The Hall–Kier alpha value is -1.98. The number of carbonyl (C=O) groups is 1. The molecule has 2 aromatic rings. The molecule has 4 rings (SSSR count). The molecule has 0 aromatic heterocycles. The van der Waals surface area contributed by atoms with E-state index in [1.807, 2.05) is 24.3 Å². The van der Waals surface area contributed by atoms with Gasteiger partial charge in [-0.25, -0.2) is 4.79 Å². The summed E-state index contributed by atoms with van der Waals surface area (Å²) in [4.78, 5) is 16.6. The van der Waals surface area contributed by atoms with Gasteiger partial charge < -0.3 is 19.9 Å². The summed E-state index contributed by atoms with van der Waals surface area (Å²) in [5.41, 5.74) is 2.35. The summed E-state index contributed by atoms with van der Waals surface area (Å²) in [6, 6.07) is 10.1. The molecule has 0 radical (unpaired) electrons. The fourth-order valence-corrected chi connectivity index (χ4v) is 4.16. The lowest BCUT2D eigenvalue weighted by Crippen LogP contribution is -2.48. The fraction of sp³-hybridized carbons (Fsp3) is 0.450. The van der Waals surface area contributed by atoms with Gasteiger partial charge in [-0.15, -0.1) is 11.6 Å². The summed E-state index contributed by atoms with van der Waals surface area (Å²) < 4.78 is 5.83. The predicted octanol–water partition coefficient (Wildman–Crippen LogP) is 3.72. The summed E-state index contributed by atoms with van der Waals surface area (Å²) in [6.45, 7) is 4.04. The smallest absolute Gasteiger partial charge is 0.409 e. The molecule has 0 spiro atoms. The fourth-order valence-electron chi connectivity index (χ4n) is 3.90. The number of nitrogens with one attached hydrogen (secondary N) is 1. The first-order valence-corrected chi connectivity index (χ1v) is 9.71. The number of hydrogen-bond acceptors (Lipinski definition) is 4. The zero-order chi connectivity index (χ0) is 18.1. The van der Waals surface area contributed by atoms with E-state index in [9.17, 15) is 4.79 Å². The van der Waals surface area contributed by atoms with Crippen molar-refractivity contribution in [1.82, 2.24) is 9.80 Å². The molecule has 2 aliphatic rings. The van der Waals surface area contributed by atoms with E-state index >= 15 is 0 Å². The van der Waals surface area contributed by atoms with Gasteiger partial charge in [0.2, 0.25) is 0 Å². The third-order valence-electron chi connectivity index (χ3n) is 5.41. The molecule has 0 aliphatic carbocycles. The minimum Gasteiger partial charge on any atom is -0.409 e. The second-order valence-corrected chi connectivity index (χ2v) is 7.47. The molecule has 1 N–H and O–H groups in total. The van der Waals surface area contributed by atoms with Crippen molar-refractivity contribution in [3.8, 4) is 5.75 Å². The topological polar surface area (TPSA) is 44.8 Å². The van der Waals surface area contributed by atoms with Gasteiger partial charge in [-0.2, -0.15) is 0 Å². The van der Waals surface area contributed by atoms with Crippen LogP contribution in [0.15, 0.2) is 30.3 Å². The summed E-state index contributed by atoms with van der Waals surface area (Å²) >= 11 is 5.99. The number of fused-ring (bicyclic) bond motifs is 3. The molecule has 1 amide bonds. The Morgan fingerprint density at radius 3 is 2.69 bits per heavy atom. The van der Waals surface area contributed by atoms with Gasteiger partial charge in [0.15, 0.2) is 0 Å². The van der Waals surface area contributed by atoms with Gasteiger partial charge in [0.25, 0.3) is 0 Å². The molecule has 6 heteroatoms. The number of halogens is 1. The number of ether oxygens (including phenoxy) is 1. The predicted molar refractivity (Wildman–Crippen MR) is 106 cm³/mol. The highest BCUT2D eigenvalue weighted by Gasteiger charge is 2.27. The SMILES string of the molecule is CN1CCN(C(=O)Oc2cc3c(c4ccccc24)C(CCCl)CN3)CC1. The van der Waals surface area contributed by atoms with Crippen LogP contribution >= 0.6 is 11.6 Å². The van der Waals surface area contributed by atoms with Crippen molar-refractivity contribution in [2.24, 2.45) is 0 Å². The van der Waals surface area contributed by atoms with Crippen LogP contribution in [0.1, 0.15) is 17.9 Å². The number of likely N-dealkylation sites (N-methyl/N-ethyl adjacent to an activating group) is 1. The molecule has 26 heavy (non-hydrogen) atoms. The Labute approximate surface area is 158 Å². The van der Waals surface area contributed by atoms with E-state index in [1.165, 1.54) is 5.56 Å². The van der Waals surface area contributed by atoms with Crippen LogP contribution in [0.2, 0.25) is 0 Å². The second kappa shape index (κ2) is 7.33. The number of hydrogen-bond donors (Lipinski definition) is 1. The van der Waals surface area contributed by atoms with Crippen molar-refractivity contribution >= 4 is 34.2 Å². The van der Waals surface area contributed by atoms with Crippen LogP contribution in [-0.4, -0.2) is 61.5 Å². The molecule has 2 aromatic carbocycles. The maximum atomic E-state index is 12.6. The molecule has 0 saturated carbocycles. The molecule has 2 heterocycles. The number of rotatable bonds is 3. The first-order chi connectivity index (χ1) is 12.7. The minimum absolute atomic E-state index is 0.265. The van der Waals surface area contributed by atoms with Crippen molar-refractivity contribution in [3.05, 3.63) is 35.9 Å².